The Kier molecular flexibility index (Phi) is 42.2. The normalized spacial score (nSPS) is 15.6. The number of likely N-dealkylation sites (tertiary alicyclic amines) is 1. The molecule has 145 heavy (non-hydrogen) atoms. The van der Waals surface area contributed by atoms with Crippen molar-refractivity contribution in [3.8, 4) is 22.6 Å². The highest BCUT2D eigenvalue weighted by molar-refractivity contribution is 5.98. The summed E-state index contributed by atoms with van der Waals surface area (Å²) in [5, 5.41) is 57.6. The predicted molar refractivity (Wildman–Crippen MR) is 560 cm³/mol. The van der Waals surface area contributed by atoms with Gasteiger partial charge in [0.25, 0.3) is 0 Å². The summed E-state index contributed by atoms with van der Waals surface area (Å²) in [6, 6.07) is 53.9. The summed E-state index contributed by atoms with van der Waals surface area (Å²) in [5.74, 6) is -7.60. The Morgan fingerprint density at radius 3 is 1.38 bits per heavy atom. The lowest BCUT2D eigenvalue weighted by molar-refractivity contribution is -0.157. The van der Waals surface area contributed by atoms with Crippen molar-refractivity contribution in [1.29, 1.82) is 0 Å². The summed E-state index contributed by atoms with van der Waals surface area (Å²) < 4.78 is 30.1. The van der Waals surface area contributed by atoms with Crippen molar-refractivity contribution in [2.75, 3.05) is 13.1 Å². The first-order valence-electron chi connectivity index (χ1n) is 50.4. The third kappa shape index (κ3) is 37.4. The molecule has 0 radical (unpaired) electrons. The molecule has 1 saturated heterocycles. The van der Waals surface area contributed by atoms with Crippen LogP contribution < -0.4 is 73.7 Å². The van der Waals surface area contributed by atoms with E-state index in [-0.39, 0.29) is 51.1 Å². The molecule has 15 N–H and O–H groups in total. The first kappa shape index (κ1) is 116. The molecule has 0 bridgehead atoms. The smallest absolute Gasteiger partial charge is 0.308 e. The van der Waals surface area contributed by atoms with Gasteiger partial charge in [-0.1, -0.05) is 221 Å². The number of hydrogen-bond acceptors (Lipinski definition) is 22. The maximum absolute atomic E-state index is 15.6. The minimum absolute atomic E-state index is 0.00240. The number of nitrogens with one attached hydrogen (secondary N) is 11. The molecule has 9 amide bonds. The topological polar surface area (TPSA) is 436 Å². The fraction of sp³-hybridized carbons (Fsp3) is 0.482. The van der Waals surface area contributed by atoms with E-state index in [2.05, 4.69) is 114 Å². The summed E-state index contributed by atoms with van der Waals surface area (Å²) in [6.45, 7) is 37.1. The number of carbonyl (C=O) groups is 11. The number of aliphatic hydroxyl groups excluding tert-OH is 2. The van der Waals surface area contributed by atoms with E-state index in [0.29, 0.717) is 54.0 Å². The molecule has 0 aromatic heterocycles. The van der Waals surface area contributed by atoms with Gasteiger partial charge in [0.05, 0.1) is 60.8 Å². The number of carbonyl (C=O) groups excluding carboxylic acids is 11. The third-order valence-corrected chi connectivity index (χ3v) is 24.0. The second kappa shape index (κ2) is 52.9. The number of hydrogen-bond donors (Lipinski definition) is 14. The summed E-state index contributed by atoms with van der Waals surface area (Å²) >= 11 is 0. The van der Waals surface area contributed by atoms with Gasteiger partial charge in [0, 0.05) is 26.1 Å². The molecule has 784 valence electrons. The molecule has 1 aliphatic rings. The summed E-state index contributed by atoms with van der Waals surface area (Å²) in [5.41, 5.74) is 10.7. The SMILES string of the molecule is CC[C@H](NC(=O)[C@@H](NC(=O)CN[C@@H](O)[C@H](Cc1ccc(OC(C)(C)C)cc1)NC(=O)[C@H](Cc1ccc(OC(C)(C)C)cc1)NC(=O)[C@H](CC(=O)OC(C)(C)C)NC(=O)[C@H](CC)NC(=O)[C@@H]1CCCN1C(=O)[C@@H](N)CC(C)C)C(C)OC(C)(C)C)C(=O)N[C@@H](Cc1ccc(-c2ccccc2)cc1)[C@H](O)N[C@@H](CC(=O)OC(C)(C)C)C(=O)NCc1cccc(CNC(c2ccccc2)(c2ccccc2)c2ccc(C)cc2)c1. The predicted octanol–water partition coefficient (Wildman–Crippen LogP) is 11.9. The van der Waals surface area contributed by atoms with Crippen LogP contribution >= 0.6 is 0 Å². The quantitative estimate of drug-likeness (QED) is 0.00956. The van der Waals surface area contributed by atoms with Gasteiger partial charge < -0.3 is 87.1 Å². The molecule has 9 rings (SSSR count). The first-order chi connectivity index (χ1) is 68.2. The maximum atomic E-state index is 15.6. The van der Waals surface area contributed by atoms with Crippen LogP contribution in [0.1, 0.15) is 233 Å². The zero-order valence-corrected chi connectivity index (χ0v) is 88.1. The standard InChI is InChI=1S/C114H155N13O18/c1-22-87(119-106(138)94-43-34-60-127(94)108(140)86(115)61-71(3)4)101(133)125-93(67-97(130)145-113(19,20)21)105(137)123-91(65-76-50-58-85(59-51-76)143-111(13,14)15)103(135)121-89(63-75-48-56-84(57-49-75)142-110(10,11)12)99(131)117-70-95(128)126-98(73(6)141-109(7,8)9)107(139)120-88(23-2)102(134)122-90(64-74-46-52-80(53-47-74)79-37-27-24-28-38-79)104(136)124-92(66-96(129)144-112(16,17)18)100(132)116-68-77-35-33-36-78(62-77)69-118-114(81-39-29-25-30-40-81,82-41-31-26-32-42-82)83-54-44-72(5)45-55-83/h24-33,35-42,44-59,62,71,73,86-94,98-99,104,117-118,124,131,136H,22-23,34,43,60-61,63-70,115H2,1-21H3,(H,116,132)(H,119,138)(H,120,139)(H,121,135)(H,122,134)(H,123,137)(H,125,133)(H,126,128)/t73?,86-,87-,88-,89-,90-,91-,92-,93-,94-,98-,99-,104-/m0/s1. The molecule has 31 heteroatoms. The average Bonchev–Trinajstić information content (AvgIpc) is 0.991. The van der Waals surface area contributed by atoms with Crippen LogP contribution in [-0.4, -0.2) is 200 Å². The van der Waals surface area contributed by atoms with E-state index < -0.39 is 197 Å². The molecule has 1 fully saturated rings. The van der Waals surface area contributed by atoms with Crippen LogP contribution in [0.15, 0.2) is 212 Å². The molecule has 1 unspecified atom stereocenters. The van der Waals surface area contributed by atoms with Crippen molar-refractivity contribution in [3.05, 3.63) is 262 Å². The highest BCUT2D eigenvalue weighted by atomic mass is 16.6. The largest absolute Gasteiger partial charge is 0.488 e. The molecule has 1 heterocycles. The second-order valence-electron chi connectivity index (χ2n) is 42.9. The molecule has 0 spiro atoms. The summed E-state index contributed by atoms with van der Waals surface area (Å²) in [7, 11) is 0. The van der Waals surface area contributed by atoms with E-state index >= 15 is 19.2 Å². The minimum Gasteiger partial charge on any atom is -0.488 e. The van der Waals surface area contributed by atoms with E-state index in [1.807, 2.05) is 171 Å². The number of rotatable bonds is 49. The number of aliphatic hydroxyl groups is 2. The molecule has 8 aromatic rings. The number of amides is 9. The summed E-state index contributed by atoms with van der Waals surface area (Å²) in [6.07, 6.45) is -5.37. The number of benzene rings is 8. The van der Waals surface area contributed by atoms with Crippen LogP contribution in [0.5, 0.6) is 11.5 Å². The highest BCUT2D eigenvalue weighted by Crippen LogP contribution is 2.38. The molecular formula is C114H155N13O18. The molecular weight excluding hydrogens is 1840 g/mol. The van der Waals surface area contributed by atoms with E-state index in [0.717, 1.165) is 44.5 Å². The number of ether oxygens (including phenoxy) is 5. The van der Waals surface area contributed by atoms with Crippen molar-refractivity contribution < 1.29 is 86.6 Å². The molecule has 8 aromatic carbocycles. The van der Waals surface area contributed by atoms with E-state index in [1.54, 1.807) is 132 Å². The van der Waals surface area contributed by atoms with Gasteiger partial charge in [0.15, 0.2) is 0 Å². The molecule has 31 nitrogen and oxygen atoms in total. The number of aryl methyl sites for hydroxylation is 1. The van der Waals surface area contributed by atoms with E-state index in [9.17, 15) is 43.8 Å². The number of nitrogens with two attached hydrogens (primary N) is 1. The first-order valence-corrected chi connectivity index (χ1v) is 50.4. The number of nitrogens with zero attached hydrogens (tertiary/aromatic N) is 1. The van der Waals surface area contributed by atoms with Crippen molar-refractivity contribution in [3.63, 3.8) is 0 Å². The Labute approximate surface area is 855 Å². The molecule has 13 atom stereocenters. The van der Waals surface area contributed by atoms with Crippen LogP contribution in [0.25, 0.3) is 11.1 Å². The van der Waals surface area contributed by atoms with Gasteiger partial charge in [0.2, 0.25) is 53.2 Å². The molecule has 1 aliphatic heterocycles. The fourth-order valence-electron chi connectivity index (χ4n) is 17.3. The maximum Gasteiger partial charge on any atom is 0.308 e. The van der Waals surface area contributed by atoms with Crippen molar-refractivity contribution in [2.24, 2.45) is 11.7 Å². The summed E-state index contributed by atoms with van der Waals surface area (Å²) in [4.78, 5) is 163. The van der Waals surface area contributed by atoms with Gasteiger partial charge in [-0.2, -0.15) is 0 Å². The van der Waals surface area contributed by atoms with Gasteiger partial charge in [-0.05, 0) is 248 Å². The lowest BCUT2D eigenvalue weighted by atomic mass is 9.76. The number of esters is 2. The lowest BCUT2D eigenvalue weighted by Crippen LogP contribution is -2.62. The van der Waals surface area contributed by atoms with Gasteiger partial charge in [-0.15, -0.1) is 0 Å². The van der Waals surface area contributed by atoms with Crippen molar-refractivity contribution in [2.45, 2.75) is 335 Å². The van der Waals surface area contributed by atoms with Crippen molar-refractivity contribution >= 4 is 65.1 Å². The Bertz CT molecular complexity index is 5530. The van der Waals surface area contributed by atoms with Gasteiger partial charge in [-0.25, -0.2) is 0 Å². The van der Waals surface area contributed by atoms with Crippen LogP contribution in [0, 0.1) is 12.8 Å². The average molecular weight is 2000 g/mol. The Hall–Kier alpha value is -12.8. The molecule has 0 aliphatic carbocycles. The van der Waals surface area contributed by atoms with Gasteiger partial charge in [-0.3, -0.25) is 68.7 Å². The monoisotopic (exact) mass is 1990 g/mol. The zero-order valence-electron chi connectivity index (χ0n) is 88.1. The van der Waals surface area contributed by atoms with Crippen LogP contribution in [-0.2, 0) is 105 Å². The van der Waals surface area contributed by atoms with Crippen LogP contribution in [0.2, 0.25) is 0 Å². The van der Waals surface area contributed by atoms with Gasteiger partial charge >= 0.3 is 11.9 Å². The fourth-order valence-corrected chi connectivity index (χ4v) is 17.3. The third-order valence-electron chi connectivity index (χ3n) is 24.0. The van der Waals surface area contributed by atoms with Crippen LogP contribution in [0.3, 0.4) is 0 Å². The van der Waals surface area contributed by atoms with Crippen LogP contribution in [0.4, 0.5) is 0 Å². The minimum atomic E-state index is -1.82. The lowest BCUT2D eigenvalue weighted by Gasteiger charge is -2.37. The Balaban J connectivity index is 0.964. The van der Waals surface area contributed by atoms with Crippen molar-refractivity contribution in [1.82, 2.24) is 63.4 Å². The second-order valence-corrected chi connectivity index (χ2v) is 42.9. The van der Waals surface area contributed by atoms with E-state index in [4.69, 9.17) is 29.4 Å². The Morgan fingerprint density at radius 2 is 0.876 bits per heavy atom. The molecule has 0 saturated carbocycles. The highest BCUT2D eigenvalue weighted by Gasteiger charge is 2.43. The van der Waals surface area contributed by atoms with Gasteiger partial charge in [0.1, 0.15) is 82.6 Å². The zero-order chi connectivity index (χ0) is 106. The van der Waals surface area contributed by atoms with E-state index in [1.165, 1.54) is 4.90 Å². The Morgan fingerprint density at radius 1 is 0.434 bits per heavy atom.